The summed E-state index contributed by atoms with van der Waals surface area (Å²) in [4.78, 5) is 9.80. The lowest BCUT2D eigenvalue weighted by atomic mass is 10.1. The van der Waals surface area contributed by atoms with Crippen molar-refractivity contribution in [2.75, 3.05) is 19.3 Å². The van der Waals surface area contributed by atoms with E-state index in [4.69, 9.17) is 5.73 Å². The molecule has 0 unspecified atom stereocenters. The van der Waals surface area contributed by atoms with Crippen molar-refractivity contribution in [2.45, 2.75) is 0 Å². The van der Waals surface area contributed by atoms with Gasteiger partial charge in [0.2, 0.25) is 0 Å². The summed E-state index contributed by atoms with van der Waals surface area (Å²) in [6.07, 6.45) is 0. The lowest BCUT2D eigenvalue weighted by Gasteiger charge is -2.00. The van der Waals surface area contributed by atoms with Gasteiger partial charge in [-0.15, -0.1) is 0 Å². The average molecular weight is 223 g/mol. The molecule has 5 nitrogen and oxygen atoms in total. The van der Waals surface area contributed by atoms with Gasteiger partial charge in [-0.05, 0) is 7.05 Å². The zero-order valence-electron chi connectivity index (χ0n) is 8.58. The Morgan fingerprint density at radius 2 is 2.31 bits per heavy atom. The van der Waals surface area contributed by atoms with Gasteiger partial charge < -0.3 is 11.1 Å². The van der Waals surface area contributed by atoms with E-state index in [2.05, 4.69) is 17.2 Å². The maximum absolute atomic E-state index is 13.2. The van der Waals surface area contributed by atoms with Gasteiger partial charge in [0, 0.05) is 6.07 Å². The monoisotopic (exact) mass is 223 g/mol. The third-order valence-corrected chi connectivity index (χ3v) is 1.81. The third-order valence-electron chi connectivity index (χ3n) is 1.81. The van der Waals surface area contributed by atoms with E-state index < -0.39 is 10.7 Å². The summed E-state index contributed by atoms with van der Waals surface area (Å²) in [5.74, 6) is 4.39. The highest BCUT2D eigenvalue weighted by atomic mass is 19.1. The molecule has 0 aliphatic rings. The maximum atomic E-state index is 13.2. The van der Waals surface area contributed by atoms with Crippen molar-refractivity contribution >= 4 is 11.4 Å². The number of hydrogen-bond donors (Lipinski definition) is 2. The fourth-order valence-electron chi connectivity index (χ4n) is 1.04. The van der Waals surface area contributed by atoms with Gasteiger partial charge in [0.25, 0.3) is 5.69 Å². The number of benzene rings is 1. The van der Waals surface area contributed by atoms with Crippen molar-refractivity contribution in [3.05, 3.63) is 33.6 Å². The van der Waals surface area contributed by atoms with Gasteiger partial charge in [0.15, 0.2) is 5.82 Å². The van der Waals surface area contributed by atoms with Crippen LogP contribution in [0.1, 0.15) is 5.56 Å². The summed E-state index contributed by atoms with van der Waals surface area (Å²) in [5, 5.41) is 13.3. The molecule has 0 bridgehead atoms. The van der Waals surface area contributed by atoms with Crippen LogP contribution >= 0.6 is 0 Å². The van der Waals surface area contributed by atoms with Crippen molar-refractivity contribution < 1.29 is 9.31 Å². The minimum atomic E-state index is -0.831. The van der Waals surface area contributed by atoms with Crippen LogP contribution < -0.4 is 11.1 Å². The van der Waals surface area contributed by atoms with E-state index in [0.717, 1.165) is 12.1 Å². The topological polar surface area (TPSA) is 81.2 Å². The van der Waals surface area contributed by atoms with E-state index in [0.29, 0.717) is 6.54 Å². The quantitative estimate of drug-likeness (QED) is 0.337. The van der Waals surface area contributed by atoms with Crippen LogP contribution in [0, 0.1) is 27.8 Å². The molecule has 1 aromatic rings. The minimum absolute atomic E-state index is 0.127. The average Bonchev–Trinajstić information content (AvgIpc) is 2.24. The second-order valence-corrected chi connectivity index (χ2v) is 2.98. The number of nitro groups is 1. The number of rotatable bonds is 2. The largest absolute Gasteiger partial charge is 0.395 e. The van der Waals surface area contributed by atoms with E-state index in [9.17, 15) is 14.5 Å². The molecule has 0 aliphatic carbocycles. The smallest absolute Gasteiger partial charge is 0.273 e. The molecule has 0 amide bonds. The highest BCUT2D eigenvalue weighted by Crippen LogP contribution is 2.22. The molecule has 0 saturated carbocycles. The summed E-state index contributed by atoms with van der Waals surface area (Å²) < 4.78 is 13.2. The molecule has 6 heteroatoms. The van der Waals surface area contributed by atoms with E-state index in [1.807, 2.05) is 0 Å². The Hall–Kier alpha value is -2.13. The third kappa shape index (κ3) is 2.68. The van der Waals surface area contributed by atoms with Crippen LogP contribution in [0.5, 0.6) is 0 Å². The lowest BCUT2D eigenvalue weighted by Crippen LogP contribution is -2.04. The number of anilines is 1. The standard InChI is InChI=1S/C10H10FN3O2/c1-13-4-2-3-7-5-8(14(15)16)6-9(11)10(7)12/h5-6,13H,4,12H2,1H3. The number of nitrogens with one attached hydrogen (secondary N) is 1. The molecule has 16 heavy (non-hydrogen) atoms. The second kappa shape index (κ2) is 5.09. The fraction of sp³-hybridized carbons (Fsp3) is 0.200. The van der Waals surface area contributed by atoms with Gasteiger partial charge in [-0.3, -0.25) is 10.1 Å². The molecule has 0 saturated heterocycles. The van der Waals surface area contributed by atoms with Crippen LogP contribution in [0.2, 0.25) is 0 Å². The van der Waals surface area contributed by atoms with E-state index >= 15 is 0 Å². The first-order valence-corrected chi connectivity index (χ1v) is 4.43. The number of nitrogens with zero attached hydrogens (tertiary/aromatic N) is 1. The molecule has 1 aromatic carbocycles. The molecule has 0 spiro atoms. The first-order chi connectivity index (χ1) is 7.56. The highest BCUT2D eigenvalue weighted by Gasteiger charge is 2.13. The van der Waals surface area contributed by atoms with E-state index in [-0.39, 0.29) is 16.9 Å². The highest BCUT2D eigenvalue weighted by molar-refractivity contribution is 5.61. The van der Waals surface area contributed by atoms with Crippen LogP contribution in [-0.4, -0.2) is 18.5 Å². The first kappa shape index (κ1) is 11.9. The predicted octanol–water partition coefficient (Wildman–Crippen LogP) is 0.887. The van der Waals surface area contributed by atoms with Gasteiger partial charge in [0.05, 0.1) is 28.8 Å². The van der Waals surface area contributed by atoms with Gasteiger partial charge in [-0.2, -0.15) is 0 Å². The molecular formula is C10H10FN3O2. The molecule has 0 aliphatic heterocycles. The van der Waals surface area contributed by atoms with Crippen molar-refractivity contribution in [3.63, 3.8) is 0 Å². The summed E-state index contributed by atoms with van der Waals surface area (Å²) >= 11 is 0. The summed E-state index contributed by atoms with van der Waals surface area (Å²) in [5.41, 5.74) is 5.01. The Morgan fingerprint density at radius 3 is 2.88 bits per heavy atom. The Balaban J connectivity index is 3.18. The zero-order chi connectivity index (χ0) is 12.1. The van der Waals surface area contributed by atoms with Gasteiger partial charge in [0.1, 0.15) is 0 Å². The number of nitrogen functional groups attached to an aromatic ring is 1. The van der Waals surface area contributed by atoms with Crippen molar-refractivity contribution in [1.82, 2.24) is 5.32 Å². The fourth-order valence-corrected chi connectivity index (χ4v) is 1.04. The summed E-state index contributed by atoms with van der Waals surface area (Å²) in [6.45, 7) is 0.393. The second-order valence-electron chi connectivity index (χ2n) is 2.98. The minimum Gasteiger partial charge on any atom is -0.395 e. The van der Waals surface area contributed by atoms with Crippen molar-refractivity contribution in [3.8, 4) is 11.8 Å². The molecule has 1 rings (SSSR count). The Labute approximate surface area is 91.6 Å². The van der Waals surface area contributed by atoms with Crippen molar-refractivity contribution in [2.24, 2.45) is 0 Å². The van der Waals surface area contributed by atoms with Gasteiger partial charge in [-0.25, -0.2) is 4.39 Å². The van der Waals surface area contributed by atoms with Crippen LogP contribution in [0.25, 0.3) is 0 Å². The first-order valence-electron chi connectivity index (χ1n) is 4.43. The Bertz CT molecular complexity index is 477. The van der Waals surface area contributed by atoms with E-state index in [1.165, 1.54) is 0 Å². The number of non-ortho nitro benzene ring substituents is 1. The predicted molar refractivity (Wildman–Crippen MR) is 58.3 cm³/mol. The number of hydrogen-bond acceptors (Lipinski definition) is 4. The molecule has 0 fully saturated rings. The zero-order valence-corrected chi connectivity index (χ0v) is 8.58. The normalized spacial score (nSPS) is 9.38. The van der Waals surface area contributed by atoms with Gasteiger partial charge in [-0.1, -0.05) is 11.8 Å². The molecule has 0 atom stereocenters. The summed E-state index contributed by atoms with van der Waals surface area (Å²) in [7, 11) is 1.70. The van der Waals surface area contributed by atoms with Crippen LogP contribution in [-0.2, 0) is 0 Å². The maximum Gasteiger partial charge on any atom is 0.273 e. The van der Waals surface area contributed by atoms with Gasteiger partial charge >= 0.3 is 0 Å². The van der Waals surface area contributed by atoms with Crippen LogP contribution in [0.4, 0.5) is 15.8 Å². The molecule has 0 radical (unpaired) electrons. The van der Waals surface area contributed by atoms with Crippen LogP contribution in [0.15, 0.2) is 12.1 Å². The van der Waals surface area contributed by atoms with Crippen LogP contribution in [0.3, 0.4) is 0 Å². The number of halogens is 1. The number of nitrogens with two attached hydrogens (primary N) is 1. The molecule has 84 valence electrons. The molecule has 0 aromatic heterocycles. The van der Waals surface area contributed by atoms with Crippen molar-refractivity contribution in [1.29, 1.82) is 0 Å². The van der Waals surface area contributed by atoms with E-state index in [1.54, 1.807) is 7.05 Å². The number of nitro benzene ring substituents is 1. The molecule has 3 N–H and O–H groups in total. The lowest BCUT2D eigenvalue weighted by molar-refractivity contribution is -0.385. The Kier molecular flexibility index (Phi) is 3.80. The molecular weight excluding hydrogens is 213 g/mol. The Morgan fingerprint density at radius 1 is 1.62 bits per heavy atom. The SMILES string of the molecule is CNCC#Cc1cc([N+](=O)[O-])cc(F)c1N. The summed E-state index contributed by atoms with van der Waals surface area (Å²) in [6, 6.07) is 1.93. The molecule has 0 heterocycles.